The van der Waals surface area contributed by atoms with Crippen LogP contribution in [0.1, 0.15) is 32.1 Å². The van der Waals surface area contributed by atoms with Crippen LogP contribution >= 0.6 is 0 Å². The van der Waals surface area contributed by atoms with Crippen LogP contribution in [0.25, 0.3) is 0 Å². The molecule has 1 saturated heterocycles. The quantitative estimate of drug-likeness (QED) is 0.803. The minimum Gasteiger partial charge on any atom is -0.228 e. The molecule has 2 aliphatic rings. The van der Waals surface area contributed by atoms with Crippen LogP contribution in [-0.2, 0) is 19.9 Å². The topological polar surface area (TPSA) is 71.5 Å². The first-order chi connectivity index (χ1) is 11.2. The van der Waals surface area contributed by atoms with E-state index < -0.39 is 36.7 Å². The Kier molecular flexibility index (Phi) is 4.69. The Morgan fingerprint density at radius 3 is 2.08 bits per heavy atom. The Bertz CT molecular complexity index is 827. The highest BCUT2D eigenvalue weighted by atomic mass is 32.2. The van der Waals surface area contributed by atoms with Crippen molar-refractivity contribution in [1.29, 1.82) is 0 Å². The number of halogens is 2. The van der Waals surface area contributed by atoms with Crippen LogP contribution in [-0.4, -0.2) is 44.7 Å². The SMILES string of the molecule is O=S(=O)(C1CCCCC1)C1CN(S(=O)(=O)c2ccc(F)c(F)c2)C1. The Hall–Kier alpha value is -1.06. The van der Waals surface area contributed by atoms with Crippen molar-refractivity contribution in [2.75, 3.05) is 13.1 Å². The van der Waals surface area contributed by atoms with E-state index in [-0.39, 0.29) is 23.2 Å². The minimum atomic E-state index is -4.00. The molecule has 24 heavy (non-hydrogen) atoms. The number of hydrogen-bond acceptors (Lipinski definition) is 4. The smallest absolute Gasteiger partial charge is 0.228 e. The van der Waals surface area contributed by atoms with Gasteiger partial charge in [0.25, 0.3) is 0 Å². The second kappa shape index (κ2) is 6.34. The van der Waals surface area contributed by atoms with Crippen LogP contribution < -0.4 is 0 Å². The molecular weight excluding hydrogens is 360 g/mol. The number of nitrogens with zero attached hydrogens (tertiary/aromatic N) is 1. The molecule has 1 aliphatic heterocycles. The molecule has 0 bridgehead atoms. The summed E-state index contributed by atoms with van der Waals surface area (Å²) in [6.45, 7) is -0.250. The summed E-state index contributed by atoms with van der Waals surface area (Å²) in [4.78, 5) is -0.366. The number of rotatable bonds is 4. The fourth-order valence-electron chi connectivity index (χ4n) is 3.26. The number of benzene rings is 1. The third-order valence-electron chi connectivity index (χ3n) is 4.82. The third kappa shape index (κ3) is 3.09. The maximum atomic E-state index is 13.2. The lowest BCUT2D eigenvalue weighted by atomic mass is 10.0. The Morgan fingerprint density at radius 1 is 0.875 bits per heavy atom. The van der Waals surface area contributed by atoms with Gasteiger partial charge in [0.2, 0.25) is 10.0 Å². The molecule has 1 aromatic rings. The molecule has 0 unspecified atom stereocenters. The summed E-state index contributed by atoms with van der Waals surface area (Å²) in [6, 6.07) is 2.35. The number of sulfone groups is 1. The van der Waals surface area contributed by atoms with E-state index in [0.29, 0.717) is 18.9 Å². The maximum absolute atomic E-state index is 13.2. The molecule has 2 fully saturated rings. The van der Waals surface area contributed by atoms with Gasteiger partial charge in [-0.05, 0) is 31.0 Å². The molecule has 1 heterocycles. The molecule has 0 N–H and O–H groups in total. The van der Waals surface area contributed by atoms with E-state index in [0.717, 1.165) is 35.7 Å². The minimum absolute atomic E-state index is 0.125. The van der Waals surface area contributed by atoms with E-state index in [9.17, 15) is 25.6 Å². The summed E-state index contributed by atoms with van der Waals surface area (Å²) in [5.41, 5.74) is 0. The van der Waals surface area contributed by atoms with Gasteiger partial charge in [-0.25, -0.2) is 25.6 Å². The summed E-state index contributed by atoms with van der Waals surface area (Å²) in [5, 5.41) is -1.09. The zero-order valence-corrected chi connectivity index (χ0v) is 14.6. The molecule has 134 valence electrons. The molecule has 0 atom stereocenters. The highest BCUT2D eigenvalue weighted by Crippen LogP contribution is 2.32. The summed E-state index contributed by atoms with van der Waals surface area (Å²) in [5.74, 6) is -2.38. The second-order valence-electron chi connectivity index (χ2n) is 6.37. The van der Waals surface area contributed by atoms with Gasteiger partial charge in [-0.15, -0.1) is 0 Å². The van der Waals surface area contributed by atoms with E-state index in [4.69, 9.17) is 0 Å². The first-order valence-corrected chi connectivity index (χ1v) is 11.0. The number of sulfonamides is 1. The maximum Gasteiger partial charge on any atom is 0.243 e. The molecule has 1 saturated carbocycles. The fraction of sp³-hybridized carbons (Fsp3) is 0.600. The lowest BCUT2D eigenvalue weighted by Crippen LogP contribution is -2.58. The molecule has 0 radical (unpaired) electrons. The van der Waals surface area contributed by atoms with Crippen LogP contribution in [0.4, 0.5) is 8.78 Å². The Morgan fingerprint density at radius 2 is 1.50 bits per heavy atom. The van der Waals surface area contributed by atoms with Gasteiger partial charge >= 0.3 is 0 Å². The van der Waals surface area contributed by atoms with Crippen molar-refractivity contribution < 1.29 is 25.6 Å². The van der Waals surface area contributed by atoms with Crippen molar-refractivity contribution in [3.05, 3.63) is 29.8 Å². The predicted octanol–water partition coefficient (Wildman–Crippen LogP) is 2.09. The largest absolute Gasteiger partial charge is 0.243 e. The summed E-state index contributed by atoms with van der Waals surface area (Å²) in [7, 11) is -7.36. The first kappa shape index (κ1) is 17.8. The predicted molar refractivity (Wildman–Crippen MR) is 84.7 cm³/mol. The van der Waals surface area contributed by atoms with Crippen LogP contribution in [0, 0.1) is 11.6 Å². The van der Waals surface area contributed by atoms with Crippen molar-refractivity contribution in [3.8, 4) is 0 Å². The van der Waals surface area contributed by atoms with Gasteiger partial charge in [-0.1, -0.05) is 19.3 Å². The zero-order chi connectivity index (χ0) is 17.5. The van der Waals surface area contributed by atoms with Crippen molar-refractivity contribution in [2.24, 2.45) is 0 Å². The van der Waals surface area contributed by atoms with E-state index in [2.05, 4.69) is 0 Å². The van der Waals surface area contributed by atoms with Gasteiger partial charge in [0, 0.05) is 13.1 Å². The van der Waals surface area contributed by atoms with Crippen molar-refractivity contribution >= 4 is 19.9 Å². The standard InChI is InChI=1S/C15H19F2NO4S2/c16-14-7-6-12(8-15(14)17)24(21,22)18-9-13(10-18)23(19,20)11-4-2-1-3-5-11/h6-8,11,13H,1-5,9-10H2. The average molecular weight is 379 g/mol. The zero-order valence-electron chi connectivity index (χ0n) is 13.0. The van der Waals surface area contributed by atoms with Crippen molar-refractivity contribution in [1.82, 2.24) is 4.31 Å². The average Bonchev–Trinajstić information content (AvgIpc) is 2.48. The van der Waals surface area contributed by atoms with Gasteiger partial charge < -0.3 is 0 Å². The van der Waals surface area contributed by atoms with Crippen LogP contribution in [0.2, 0.25) is 0 Å². The Balaban J connectivity index is 1.72. The summed E-state index contributed by atoms with van der Waals surface area (Å²) < 4.78 is 77.0. The van der Waals surface area contributed by atoms with Crippen LogP contribution in [0.5, 0.6) is 0 Å². The molecule has 0 spiro atoms. The normalized spacial score (nSPS) is 21.6. The van der Waals surface area contributed by atoms with E-state index in [1.807, 2.05) is 0 Å². The summed E-state index contributed by atoms with van der Waals surface area (Å²) >= 11 is 0. The summed E-state index contributed by atoms with van der Waals surface area (Å²) in [6.07, 6.45) is 4.07. The molecule has 1 aliphatic carbocycles. The second-order valence-corrected chi connectivity index (χ2v) is 10.8. The van der Waals surface area contributed by atoms with E-state index >= 15 is 0 Å². The molecule has 1 aromatic carbocycles. The van der Waals surface area contributed by atoms with Gasteiger partial charge in [-0.3, -0.25) is 0 Å². The van der Waals surface area contributed by atoms with Gasteiger partial charge in [0.1, 0.15) is 0 Å². The van der Waals surface area contributed by atoms with E-state index in [1.54, 1.807) is 0 Å². The number of hydrogen-bond donors (Lipinski definition) is 0. The van der Waals surface area contributed by atoms with Gasteiger partial charge in [0.05, 0.1) is 15.4 Å². The first-order valence-electron chi connectivity index (χ1n) is 7.91. The lowest BCUT2D eigenvalue weighted by molar-refractivity contribution is 0.306. The molecular formula is C15H19F2NO4S2. The molecule has 0 amide bonds. The van der Waals surface area contributed by atoms with E-state index in [1.165, 1.54) is 0 Å². The van der Waals surface area contributed by atoms with Crippen LogP contribution in [0.3, 0.4) is 0 Å². The molecule has 5 nitrogen and oxygen atoms in total. The van der Waals surface area contributed by atoms with Gasteiger partial charge in [0.15, 0.2) is 21.5 Å². The van der Waals surface area contributed by atoms with Crippen molar-refractivity contribution in [3.63, 3.8) is 0 Å². The van der Waals surface area contributed by atoms with Crippen LogP contribution in [0.15, 0.2) is 23.1 Å². The Labute approximate surface area is 140 Å². The fourth-order valence-corrected chi connectivity index (χ4v) is 7.30. The van der Waals surface area contributed by atoms with Crippen molar-refractivity contribution in [2.45, 2.75) is 47.5 Å². The molecule has 3 rings (SSSR count). The molecule has 0 aromatic heterocycles. The monoisotopic (exact) mass is 379 g/mol. The van der Waals surface area contributed by atoms with Gasteiger partial charge in [-0.2, -0.15) is 4.31 Å². The molecule has 9 heteroatoms. The third-order valence-corrected chi connectivity index (χ3v) is 9.28. The highest BCUT2D eigenvalue weighted by molar-refractivity contribution is 7.93. The lowest BCUT2D eigenvalue weighted by Gasteiger charge is -2.39. The highest BCUT2D eigenvalue weighted by Gasteiger charge is 2.46.